The summed E-state index contributed by atoms with van der Waals surface area (Å²) in [5.41, 5.74) is 1.12. The monoisotopic (exact) mass is 250 g/mol. The molecule has 98 valence electrons. The number of carbonyl (C=O) groups is 2. The molecule has 3 N–H and O–H groups in total. The van der Waals surface area contributed by atoms with E-state index in [-0.39, 0.29) is 24.3 Å². The first-order valence-corrected chi connectivity index (χ1v) is 5.79. The first-order chi connectivity index (χ1) is 8.52. The van der Waals surface area contributed by atoms with E-state index in [4.69, 9.17) is 5.11 Å². The fourth-order valence-corrected chi connectivity index (χ4v) is 1.32. The van der Waals surface area contributed by atoms with Crippen LogP contribution in [-0.2, 0) is 0 Å². The highest BCUT2D eigenvalue weighted by Crippen LogP contribution is 2.10. The number of rotatable bonds is 5. The number of hydrogen-bond acceptors (Lipinski definition) is 3. The maximum absolute atomic E-state index is 11.5. The van der Waals surface area contributed by atoms with Gasteiger partial charge in [-0.05, 0) is 25.0 Å². The van der Waals surface area contributed by atoms with Gasteiger partial charge in [0.1, 0.15) is 0 Å². The normalized spacial score (nSPS) is 11.7. The predicted octanol–water partition coefficient (Wildman–Crippen LogP) is 1.64. The topological polar surface area (TPSA) is 78.4 Å². The summed E-state index contributed by atoms with van der Waals surface area (Å²) >= 11 is 0. The van der Waals surface area contributed by atoms with Gasteiger partial charge in [0.2, 0.25) is 0 Å². The lowest BCUT2D eigenvalue weighted by Gasteiger charge is -2.11. The Morgan fingerprint density at radius 1 is 1.39 bits per heavy atom. The zero-order chi connectivity index (χ0) is 13.5. The van der Waals surface area contributed by atoms with E-state index >= 15 is 0 Å². The van der Waals surface area contributed by atoms with Gasteiger partial charge in [-0.15, -0.1) is 0 Å². The summed E-state index contributed by atoms with van der Waals surface area (Å²) in [7, 11) is 0. The minimum absolute atomic E-state index is 0.0132. The Kier molecular flexibility index (Phi) is 5.32. The second-order valence-electron chi connectivity index (χ2n) is 4.26. The highest BCUT2D eigenvalue weighted by atomic mass is 16.3. The van der Waals surface area contributed by atoms with E-state index in [2.05, 4.69) is 10.6 Å². The molecule has 18 heavy (non-hydrogen) atoms. The van der Waals surface area contributed by atoms with Gasteiger partial charge in [0.05, 0.1) is 0 Å². The molecular formula is C13H18N2O3. The Morgan fingerprint density at radius 2 is 2.11 bits per heavy atom. The van der Waals surface area contributed by atoms with E-state index in [9.17, 15) is 9.59 Å². The van der Waals surface area contributed by atoms with Crippen LogP contribution in [0.15, 0.2) is 24.3 Å². The van der Waals surface area contributed by atoms with E-state index < -0.39 is 0 Å². The van der Waals surface area contributed by atoms with Gasteiger partial charge in [0, 0.05) is 24.4 Å². The van der Waals surface area contributed by atoms with E-state index in [0.29, 0.717) is 17.8 Å². The molecule has 0 spiro atoms. The van der Waals surface area contributed by atoms with E-state index in [1.54, 1.807) is 24.3 Å². The van der Waals surface area contributed by atoms with Crippen molar-refractivity contribution in [2.24, 2.45) is 5.92 Å². The number of hydrogen-bond donors (Lipinski definition) is 3. The zero-order valence-corrected chi connectivity index (χ0v) is 10.6. The molecular weight excluding hydrogens is 232 g/mol. The minimum atomic E-state index is -0.351. The van der Waals surface area contributed by atoms with Gasteiger partial charge in [-0.1, -0.05) is 19.1 Å². The number of benzene rings is 1. The molecule has 5 heteroatoms. The van der Waals surface area contributed by atoms with Crippen LogP contribution in [0.1, 0.15) is 24.2 Å². The molecule has 1 aromatic carbocycles. The van der Waals surface area contributed by atoms with Crippen LogP contribution in [0.5, 0.6) is 0 Å². The molecule has 0 aliphatic rings. The van der Waals surface area contributed by atoms with Crippen molar-refractivity contribution in [3.8, 4) is 0 Å². The molecule has 0 radical (unpaired) electrons. The van der Waals surface area contributed by atoms with E-state index in [0.717, 1.165) is 0 Å². The Bertz CT molecular complexity index is 432. The van der Waals surface area contributed by atoms with Gasteiger partial charge in [0.15, 0.2) is 5.78 Å². The van der Waals surface area contributed by atoms with Crippen LogP contribution in [0, 0.1) is 5.92 Å². The summed E-state index contributed by atoms with van der Waals surface area (Å²) in [6.07, 6.45) is 0. The van der Waals surface area contributed by atoms with Crippen molar-refractivity contribution in [3.05, 3.63) is 29.8 Å². The van der Waals surface area contributed by atoms with Gasteiger partial charge in [-0.3, -0.25) is 4.79 Å². The minimum Gasteiger partial charge on any atom is -0.396 e. The Labute approximate surface area is 106 Å². The molecule has 0 fully saturated rings. The summed E-state index contributed by atoms with van der Waals surface area (Å²) in [5.74, 6) is -0.0349. The number of Topliss-reactive ketones (excluding diaryl/α,β-unsaturated/α-hetero) is 1. The van der Waals surface area contributed by atoms with Crippen molar-refractivity contribution in [2.45, 2.75) is 13.8 Å². The SMILES string of the molecule is CC(=O)c1cccc(NC(=O)NCC(C)CO)c1. The number of aliphatic hydroxyl groups is 1. The fraction of sp³-hybridized carbons (Fsp3) is 0.385. The molecule has 0 aliphatic heterocycles. The third-order valence-corrected chi connectivity index (χ3v) is 2.45. The molecule has 1 aromatic rings. The first kappa shape index (κ1) is 14.2. The van der Waals surface area contributed by atoms with Gasteiger partial charge < -0.3 is 15.7 Å². The quantitative estimate of drug-likeness (QED) is 0.695. The number of aliphatic hydroxyl groups excluding tert-OH is 1. The molecule has 0 saturated heterocycles. The fourth-order valence-electron chi connectivity index (χ4n) is 1.32. The van der Waals surface area contributed by atoms with Crippen molar-refractivity contribution < 1.29 is 14.7 Å². The van der Waals surface area contributed by atoms with Crippen molar-refractivity contribution in [2.75, 3.05) is 18.5 Å². The average Bonchev–Trinajstić information content (AvgIpc) is 2.36. The molecule has 2 amide bonds. The Hall–Kier alpha value is -1.88. The lowest BCUT2D eigenvalue weighted by molar-refractivity contribution is 0.101. The van der Waals surface area contributed by atoms with Crippen molar-refractivity contribution >= 4 is 17.5 Å². The summed E-state index contributed by atoms with van der Waals surface area (Å²) in [4.78, 5) is 22.7. The van der Waals surface area contributed by atoms with Gasteiger partial charge in [-0.2, -0.15) is 0 Å². The predicted molar refractivity (Wildman–Crippen MR) is 69.7 cm³/mol. The molecule has 5 nitrogen and oxygen atoms in total. The van der Waals surface area contributed by atoms with Crippen LogP contribution in [0.4, 0.5) is 10.5 Å². The molecule has 1 rings (SSSR count). The van der Waals surface area contributed by atoms with Crippen LogP contribution in [0.3, 0.4) is 0 Å². The second kappa shape index (κ2) is 6.76. The lowest BCUT2D eigenvalue weighted by Crippen LogP contribution is -2.33. The largest absolute Gasteiger partial charge is 0.396 e. The highest BCUT2D eigenvalue weighted by Gasteiger charge is 2.06. The third-order valence-electron chi connectivity index (χ3n) is 2.45. The van der Waals surface area contributed by atoms with Gasteiger partial charge >= 0.3 is 6.03 Å². The van der Waals surface area contributed by atoms with Crippen molar-refractivity contribution in [1.29, 1.82) is 0 Å². The smallest absolute Gasteiger partial charge is 0.319 e. The number of carbonyl (C=O) groups excluding carboxylic acids is 2. The Balaban J connectivity index is 2.54. The summed E-state index contributed by atoms with van der Waals surface area (Å²) < 4.78 is 0. The van der Waals surface area contributed by atoms with Crippen LogP contribution >= 0.6 is 0 Å². The van der Waals surface area contributed by atoms with Crippen molar-refractivity contribution in [3.63, 3.8) is 0 Å². The maximum Gasteiger partial charge on any atom is 0.319 e. The van der Waals surface area contributed by atoms with Gasteiger partial charge in [-0.25, -0.2) is 4.79 Å². The standard InChI is InChI=1S/C13H18N2O3/c1-9(8-16)7-14-13(18)15-12-5-3-4-11(6-12)10(2)17/h3-6,9,16H,7-8H2,1-2H3,(H2,14,15,18). The average molecular weight is 250 g/mol. The maximum atomic E-state index is 11.5. The van der Waals surface area contributed by atoms with Crippen LogP contribution in [-0.4, -0.2) is 30.1 Å². The number of amides is 2. The zero-order valence-electron chi connectivity index (χ0n) is 10.6. The van der Waals surface area contributed by atoms with Crippen LogP contribution < -0.4 is 10.6 Å². The molecule has 0 heterocycles. The summed E-state index contributed by atoms with van der Waals surface area (Å²) in [5, 5.41) is 14.1. The Morgan fingerprint density at radius 3 is 2.72 bits per heavy atom. The third kappa shape index (κ3) is 4.55. The van der Waals surface area contributed by atoms with Crippen LogP contribution in [0.25, 0.3) is 0 Å². The van der Waals surface area contributed by atoms with E-state index in [1.165, 1.54) is 6.92 Å². The van der Waals surface area contributed by atoms with E-state index in [1.807, 2.05) is 6.92 Å². The highest BCUT2D eigenvalue weighted by molar-refractivity contribution is 5.96. The molecule has 0 aliphatic carbocycles. The number of anilines is 1. The molecule has 1 unspecified atom stereocenters. The number of nitrogens with one attached hydrogen (secondary N) is 2. The second-order valence-corrected chi connectivity index (χ2v) is 4.26. The molecule has 1 atom stereocenters. The van der Waals surface area contributed by atoms with Crippen LogP contribution in [0.2, 0.25) is 0 Å². The first-order valence-electron chi connectivity index (χ1n) is 5.79. The number of urea groups is 1. The molecule has 0 saturated carbocycles. The molecule has 0 bridgehead atoms. The van der Waals surface area contributed by atoms with Gasteiger partial charge in [0.25, 0.3) is 0 Å². The lowest BCUT2D eigenvalue weighted by atomic mass is 10.1. The van der Waals surface area contributed by atoms with Crippen molar-refractivity contribution in [1.82, 2.24) is 5.32 Å². The summed E-state index contributed by atoms with van der Waals surface area (Å²) in [6, 6.07) is 6.39. The molecule has 0 aromatic heterocycles. The summed E-state index contributed by atoms with van der Waals surface area (Å²) in [6.45, 7) is 3.73. The number of ketones is 1.